The van der Waals surface area contributed by atoms with Crippen LogP contribution in [0.1, 0.15) is 62.8 Å². The maximum absolute atomic E-state index is 5.98. The van der Waals surface area contributed by atoms with E-state index in [-0.39, 0.29) is 5.43 Å². The van der Waals surface area contributed by atoms with Crippen LogP contribution in [-0.4, -0.2) is 5.43 Å². The number of aryl methyl sites for hydroxylation is 4. The monoisotopic (exact) mass is 972 g/mol. The standard InChI is InChI=1S/2C28H25O.C2H6Si.2ClH.Zr/c2*1-3-7-19-10-12-21(13-11-19)27-20(4-2)14-15-22-16-24(17-26(22)27)28-25-9-6-5-8-23(25)18-29-28;1-3-2;;;/h2*5-6,8-18H,3-4,7H2,1-2H3;1-2H3;2*1H;/q2*-1;;;;+2/p-2. The van der Waals surface area contributed by atoms with Crippen LogP contribution in [0.5, 0.6) is 0 Å². The van der Waals surface area contributed by atoms with Crippen LogP contribution in [0.15, 0.2) is 167 Å². The predicted octanol–water partition coefficient (Wildman–Crippen LogP) is 18.5. The van der Waals surface area contributed by atoms with E-state index >= 15 is 0 Å². The molecule has 0 radical (unpaired) electrons. The summed E-state index contributed by atoms with van der Waals surface area (Å²) in [6.07, 6.45) is 10.4. The Morgan fingerprint density at radius 3 is 1.25 bits per heavy atom. The van der Waals surface area contributed by atoms with Crippen molar-refractivity contribution >= 4 is 65.5 Å². The molecule has 2 aromatic heterocycles. The van der Waals surface area contributed by atoms with Crippen LogP contribution in [-0.2, 0) is 43.7 Å². The van der Waals surface area contributed by atoms with Crippen molar-refractivity contribution in [1.29, 1.82) is 0 Å². The van der Waals surface area contributed by atoms with Crippen molar-refractivity contribution < 1.29 is 26.8 Å². The van der Waals surface area contributed by atoms with Crippen LogP contribution >= 0.6 is 17.0 Å². The third-order valence-corrected chi connectivity index (χ3v) is 31.9. The van der Waals surface area contributed by atoms with Gasteiger partial charge < -0.3 is 8.83 Å². The first-order valence-corrected chi connectivity index (χ1v) is 35.3. The first kappa shape index (κ1) is 45.9. The molecular weight excluding hydrogens is 919 g/mol. The van der Waals surface area contributed by atoms with Crippen molar-refractivity contribution in [2.75, 3.05) is 0 Å². The average Bonchev–Trinajstić information content (AvgIpc) is 4.14. The van der Waals surface area contributed by atoms with Gasteiger partial charge in [-0.1, -0.05) is 172 Å². The molecule has 0 fully saturated rings. The SMILES string of the molecule is CCCc1ccc(-c2c(CC)ccc3[cH-]c(-c4occ5ccccc45)cc23)cc1.CCCc1ccc(-c2c(CC)ccc3[cH-]c(-c4occ5ccccc45)cc23)cc1.C[Si](C)=[Zr]([Cl])[Cl]. The zero-order valence-corrected chi connectivity index (χ0v) is 42.8. The first-order chi connectivity index (χ1) is 31.2. The van der Waals surface area contributed by atoms with E-state index in [0.717, 1.165) is 59.1 Å². The van der Waals surface area contributed by atoms with Gasteiger partial charge in [0.25, 0.3) is 0 Å². The molecular formula is C58H56Cl2O2SiZr-2. The Kier molecular flexibility index (Phi) is 15.1. The zero-order chi connectivity index (χ0) is 44.7. The van der Waals surface area contributed by atoms with Gasteiger partial charge in [-0.05, 0) is 69.8 Å². The van der Waals surface area contributed by atoms with Crippen LogP contribution in [0.3, 0.4) is 0 Å². The Morgan fingerprint density at radius 1 is 0.500 bits per heavy atom. The van der Waals surface area contributed by atoms with Gasteiger partial charge in [0.05, 0.1) is 24.0 Å². The Bertz CT molecular complexity index is 2970. The van der Waals surface area contributed by atoms with Crippen molar-refractivity contribution in [3.8, 4) is 44.9 Å². The van der Waals surface area contributed by atoms with Crippen molar-refractivity contribution in [1.82, 2.24) is 0 Å². The Labute approximate surface area is 393 Å². The maximum atomic E-state index is 5.98. The minimum absolute atomic E-state index is 0.224. The Morgan fingerprint density at radius 2 is 0.891 bits per heavy atom. The van der Waals surface area contributed by atoms with Gasteiger partial charge >= 0.3 is 53.5 Å². The molecule has 6 heteroatoms. The summed E-state index contributed by atoms with van der Waals surface area (Å²) in [6.45, 7) is 13.3. The Hall–Kier alpha value is -4.70. The predicted molar refractivity (Wildman–Crippen MR) is 276 cm³/mol. The molecule has 64 heavy (non-hydrogen) atoms. The van der Waals surface area contributed by atoms with Gasteiger partial charge in [-0.25, -0.2) is 0 Å². The fourth-order valence-corrected chi connectivity index (χ4v) is 8.87. The summed E-state index contributed by atoms with van der Waals surface area (Å²) in [5.74, 6) is 1.91. The summed E-state index contributed by atoms with van der Waals surface area (Å²) in [4.78, 5) is 0. The van der Waals surface area contributed by atoms with E-state index in [9.17, 15) is 0 Å². The topological polar surface area (TPSA) is 26.3 Å². The molecule has 8 aromatic carbocycles. The molecule has 2 heterocycles. The molecule has 0 saturated heterocycles. The fraction of sp³-hybridized carbons (Fsp3) is 0.207. The molecule has 0 atom stereocenters. The minimum atomic E-state index is -1.65. The molecule has 0 aliphatic carbocycles. The van der Waals surface area contributed by atoms with E-state index in [1.807, 2.05) is 12.5 Å². The van der Waals surface area contributed by atoms with E-state index in [2.05, 4.69) is 186 Å². The summed E-state index contributed by atoms with van der Waals surface area (Å²) >= 11 is -1.65. The number of halogens is 2. The van der Waals surface area contributed by atoms with Gasteiger partial charge in [0.2, 0.25) is 0 Å². The van der Waals surface area contributed by atoms with Gasteiger partial charge in [0.15, 0.2) is 0 Å². The molecule has 0 amide bonds. The molecule has 10 rings (SSSR count). The second-order valence-corrected chi connectivity index (χ2v) is 39.8. The van der Waals surface area contributed by atoms with Crippen LogP contribution in [0.4, 0.5) is 0 Å². The van der Waals surface area contributed by atoms with E-state index in [1.54, 1.807) is 0 Å². The summed E-state index contributed by atoms with van der Waals surface area (Å²) in [7, 11) is 11.2. The summed E-state index contributed by atoms with van der Waals surface area (Å²) in [5, 5.41) is 9.79. The van der Waals surface area contributed by atoms with Gasteiger partial charge in [0, 0.05) is 10.8 Å². The summed E-state index contributed by atoms with van der Waals surface area (Å²) in [6, 6.07) is 53.2. The van der Waals surface area contributed by atoms with Gasteiger partial charge in [-0.3, -0.25) is 0 Å². The third-order valence-electron chi connectivity index (χ3n) is 12.2. The number of furan rings is 2. The molecule has 0 aliphatic rings. The number of rotatable bonds is 10. The van der Waals surface area contributed by atoms with E-state index in [4.69, 9.17) is 25.9 Å². The van der Waals surface area contributed by atoms with Crippen LogP contribution in [0.25, 0.3) is 88.0 Å². The average molecular weight is 975 g/mol. The van der Waals surface area contributed by atoms with Crippen LogP contribution in [0.2, 0.25) is 13.1 Å². The molecule has 0 aliphatic heterocycles. The van der Waals surface area contributed by atoms with Crippen molar-refractivity contribution in [2.45, 2.75) is 79.3 Å². The molecule has 0 unspecified atom stereocenters. The van der Waals surface area contributed by atoms with Crippen molar-refractivity contribution in [3.05, 3.63) is 180 Å². The molecule has 10 aromatic rings. The van der Waals surface area contributed by atoms with Crippen LogP contribution < -0.4 is 0 Å². The molecule has 0 saturated carbocycles. The van der Waals surface area contributed by atoms with Gasteiger partial charge in [-0.2, -0.15) is 0 Å². The summed E-state index contributed by atoms with van der Waals surface area (Å²) < 4.78 is 12.0. The molecule has 0 bridgehead atoms. The number of fused-ring (bicyclic) bond motifs is 4. The molecule has 0 N–H and O–H groups in total. The quantitative estimate of drug-likeness (QED) is 0.101. The van der Waals surface area contributed by atoms with Gasteiger partial charge in [-0.15, -0.1) is 57.9 Å². The number of hydrogen-bond acceptors (Lipinski definition) is 2. The number of benzene rings is 6. The van der Waals surface area contributed by atoms with Crippen LogP contribution in [0, 0.1) is 0 Å². The van der Waals surface area contributed by atoms with Crippen molar-refractivity contribution in [2.24, 2.45) is 0 Å². The van der Waals surface area contributed by atoms with Gasteiger partial charge in [0.1, 0.15) is 0 Å². The van der Waals surface area contributed by atoms with Crippen molar-refractivity contribution in [3.63, 3.8) is 0 Å². The first-order valence-electron chi connectivity index (χ1n) is 22.8. The zero-order valence-electron chi connectivity index (χ0n) is 37.8. The molecule has 2 nitrogen and oxygen atoms in total. The number of hydrogen-bond donors (Lipinski definition) is 0. The normalized spacial score (nSPS) is 11.2. The van der Waals surface area contributed by atoms with E-state index < -0.39 is 18.0 Å². The fourth-order valence-electron chi connectivity index (χ4n) is 8.87. The van der Waals surface area contributed by atoms with E-state index in [0.29, 0.717) is 0 Å². The third kappa shape index (κ3) is 9.92. The molecule has 0 spiro atoms. The Balaban J connectivity index is 0.000000156. The second kappa shape index (κ2) is 21.1. The second-order valence-electron chi connectivity index (χ2n) is 16.9. The van der Waals surface area contributed by atoms with E-state index in [1.165, 1.54) is 89.7 Å². The molecule has 324 valence electrons. The summed E-state index contributed by atoms with van der Waals surface area (Å²) in [5.41, 5.74) is 13.0.